The lowest BCUT2D eigenvalue weighted by atomic mass is 9.88. The summed E-state index contributed by atoms with van der Waals surface area (Å²) in [5, 5.41) is 11.6. The molecule has 2 amide bonds. The summed E-state index contributed by atoms with van der Waals surface area (Å²) in [6, 6.07) is 15.3. The third kappa shape index (κ3) is 7.16. The van der Waals surface area contributed by atoms with Crippen molar-refractivity contribution in [3.63, 3.8) is 0 Å². The predicted molar refractivity (Wildman–Crippen MR) is 140 cm³/mol. The standard InChI is InChI=1S/C28H37N3O4/c1-4-31(5-2)27(32)23-12-10-21(11-13-23)26(24-8-7-9-25(20-24)29-28(33)34)22-14-16-30(17-15-22)18-19-35-6-3/h7-13,20,29H,4-6,14-19H2,1-3H3,(H,33,34). The summed E-state index contributed by atoms with van der Waals surface area (Å²) in [4.78, 5) is 28.2. The van der Waals surface area contributed by atoms with Crippen molar-refractivity contribution in [3.8, 4) is 0 Å². The molecule has 2 aromatic carbocycles. The normalized spacial score (nSPS) is 14.0. The highest BCUT2D eigenvalue weighted by atomic mass is 16.5. The maximum absolute atomic E-state index is 12.8. The number of hydrogen-bond donors (Lipinski definition) is 2. The Hall–Kier alpha value is -3.16. The highest BCUT2D eigenvalue weighted by Crippen LogP contribution is 2.33. The summed E-state index contributed by atoms with van der Waals surface area (Å²) in [6.45, 7) is 11.6. The van der Waals surface area contributed by atoms with E-state index in [1.807, 2.05) is 68.1 Å². The number of amides is 2. The molecule has 0 aliphatic carbocycles. The molecule has 3 rings (SSSR count). The maximum atomic E-state index is 12.8. The van der Waals surface area contributed by atoms with Gasteiger partial charge in [0, 0.05) is 50.6 Å². The largest absolute Gasteiger partial charge is 0.465 e. The molecular formula is C28H37N3O4. The molecule has 0 aromatic heterocycles. The zero-order valence-electron chi connectivity index (χ0n) is 21.0. The number of anilines is 1. The Bertz CT molecular complexity index is 1020. The first-order chi connectivity index (χ1) is 17.0. The summed E-state index contributed by atoms with van der Waals surface area (Å²) < 4.78 is 5.52. The fourth-order valence-electron chi connectivity index (χ4n) is 4.56. The van der Waals surface area contributed by atoms with Gasteiger partial charge in [-0.3, -0.25) is 10.1 Å². The van der Waals surface area contributed by atoms with E-state index in [1.165, 1.54) is 5.57 Å². The number of carbonyl (C=O) groups is 2. The molecule has 1 aliphatic rings. The Morgan fingerprint density at radius 1 is 0.971 bits per heavy atom. The molecular weight excluding hydrogens is 442 g/mol. The van der Waals surface area contributed by atoms with Crippen molar-refractivity contribution < 1.29 is 19.4 Å². The van der Waals surface area contributed by atoms with E-state index in [0.29, 0.717) is 24.3 Å². The number of carbonyl (C=O) groups excluding carboxylic acids is 1. The SMILES string of the molecule is CCOCCN1CCC(=C(c2ccc(C(=O)N(CC)CC)cc2)c2cccc(NC(=O)O)c2)CC1. The summed E-state index contributed by atoms with van der Waals surface area (Å²) in [7, 11) is 0. The van der Waals surface area contributed by atoms with E-state index >= 15 is 0 Å². The van der Waals surface area contributed by atoms with E-state index in [2.05, 4.69) is 10.2 Å². The summed E-state index contributed by atoms with van der Waals surface area (Å²) in [5.74, 6) is 0.0333. The monoisotopic (exact) mass is 479 g/mol. The molecule has 7 heteroatoms. The molecule has 1 aliphatic heterocycles. The third-order valence-corrected chi connectivity index (χ3v) is 6.44. The van der Waals surface area contributed by atoms with Crippen molar-refractivity contribution in [3.05, 3.63) is 70.8 Å². The van der Waals surface area contributed by atoms with E-state index < -0.39 is 6.09 Å². The zero-order chi connectivity index (χ0) is 25.2. The van der Waals surface area contributed by atoms with Gasteiger partial charge in [0.15, 0.2) is 0 Å². The van der Waals surface area contributed by atoms with Crippen LogP contribution in [0.3, 0.4) is 0 Å². The van der Waals surface area contributed by atoms with Crippen LogP contribution in [-0.4, -0.2) is 72.8 Å². The number of likely N-dealkylation sites (tertiary alicyclic amines) is 1. The van der Waals surface area contributed by atoms with Crippen molar-refractivity contribution in [1.82, 2.24) is 9.80 Å². The zero-order valence-corrected chi connectivity index (χ0v) is 21.0. The minimum atomic E-state index is -1.08. The first-order valence-corrected chi connectivity index (χ1v) is 12.5. The van der Waals surface area contributed by atoms with Gasteiger partial charge in [-0.15, -0.1) is 0 Å². The number of carboxylic acid groups (broad SMARTS) is 1. The smallest absolute Gasteiger partial charge is 0.409 e. The van der Waals surface area contributed by atoms with Crippen LogP contribution in [0.25, 0.3) is 5.57 Å². The molecule has 188 valence electrons. The first kappa shape index (κ1) is 26.4. The minimum absolute atomic E-state index is 0.0333. The fraction of sp³-hybridized carbons (Fsp3) is 0.429. The predicted octanol–water partition coefficient (Wildman–Crippen LogP) is 5.19. The molecule has 0 spiro atoms. The number of rotatable bonds is 10. The molecule has 1 saturated heterocycles. The molecule has 0 radical (unpaired) electrons. The van der Waals surface area contributed by atoms with Crippen LogP contribution >= 0.6 is 0 Å². The Morgan fingerprint density at radius 2 is 1.63 bits per heavy atom. The topological polar surface area (TPSA) is 82.1 Å². The van der Waals surface area contributed by atoms with Crippen molar-refractivity contribution in [2.75, 3.05) is 51.3 Å². The second-order valence-electron chi connectivity index (χ2n) is 8.58. The van der Waals surface area contributed by atoms with Gasteiger partial charge in [-0.2, -0.15) is 0 Å². The van der Waals surface area contributed by atoms with Gasteiger partial charge in [-0.05, 0) is 74.6 Å². The first-order valence-electron chi connectivity index (χ1n) is 12.5. The molecule has 1 heterocycles. The number of nitrogens with one attached hydrogen (secondary N) is 1. The summed E-state index contributed by atoms with van der Waals surface area (Å²) >= 11 is 0. The molecule has 0 atom stereocenters. The van der Waals surface area contributed by atoms with Gasteiger partial charge in [0.2, 0.25) is 0 Å². The number of benzene rings is 2. The number of nitrogens with zero attached hydrogens (tertiary/aromatic N) is 2. The Kier molecular flexibility index (Phi) is 9.87. The highest BCUT2D eigenvalue weighted by Gasteiger charge is 2.20. The van der Waals surface area contributed by atoms with Crippen molar-refractivity contribution in [1.29, 1.82) is 0 Å². The van der Waals surface area contributed by atoms with Crippen molar-refractivity contribution >= 4 is 23.3 Å². The van der Waals surface area contributed by atoms with Crippen LogP contribution in [0.1, 0.15) is 55.1 Å². The van der Waals surface area contributed by atoms with E-state index in [1.54, 1.807) is 6.07 Å². The number of hydrogen-bond acceptors (Lipinski definition) is 4. The lowest BCUT2D eigenvalue weighted by molar-refractivity contribution is 0.0773. The van der Waals surface area contributed by atoms with Crippen molar-refractivity contribution in [2.24, 2.45) is 0 Å². The van der Waals surface area contributed by atoms with Crippen molar-refractivity contribution in [2.45, 2.75) is 33.6 Å². The molecule has 2 aromatic rings. The van der Waals surface area contributed by atoms with E-state index in [0.717, 1.165) is 62.4 Å². The molecule has 0 bridgehead atoms. The van der Waals surface area contributed by atoms with Crippen LogP contribution in [0.15, 0.2) is 54.1 Å². The molecule has 7 nitrogen and oxygen atoms in total. The van der Waals surface area contributed by atoms with Gasteiger partial charge in [-0.25, -0.2) is 4.79 Å². The molecule has 0 unspecified atom stereocenters. The quantitative estimate of drug-likeness (QED) is 0.458. The number of ether oxygens (including phenoxy) is 1. The molecule has 2 N–H and O–H groups in total. The van der Waals surface area contributed by atoms with Crippen LogP contribution in [0.5, 0.6) is 0 Å². The van der Waals surface area contributed by atoms with E-state index in [-0.39, 0.29) is 5.91 Å². The minimum Gasteiger partial charge on any atom is -0.465 e. The second kappa shape index (κ2) is 13.1. The lowest BCUT2D eigenvalue weighted by Gasteiger charge is -2.30. The maximum Gasteiger partial charge on any atom is 0.409 e. The van der Waals surface area contributed by atoms with Gasteiger partial charge in [-0.1, -0.05) is 29.8 Å². The summed E-state index contributed by atoms with van der Waals surface area (Å²) in [5.41, 5.74) is 5.67. The van der Waals surface area contributed by atoms with E-state index in [4.69, 9.17) is 4.74 Å². The average Bonchev–Trinajstić information content (AvgIpc) is 2.86. The van der Waals surface area contributed by atoms with Gasteiger partial charge in [0.25, 0.3) is 5.91 Å². The fourth-order valence-corrected chi connectivity index (χ4v) is 4.56. The van der Waals surface area contributed by atoms with Crippen LogP contribution < -0.4 is 5.32 Å². The third-order valence-electron chi connectivity index (χ3n) is 6.44. The summed E-state index contributed by atoms with van der Waals surface area (Å²) in [6.07, 6.45) is 0.773. The number of piperidine rings is 1. The van der Waals surface area contributed by atoms with Crippen LogP contribution in [0, 0.1) is 0 Å². The average molecular weight is 480 g/mol. The van der Waals surface area contributed by atoms with Crippen LogP contribution in [-0.2, 0) is 4.74 Å². The molecule has 1 fully saturated rings. The van der Waals surface area contributed by atoms with Gasteiger partial charge < -0.3 is 19.6 Å². The van der Waals surface area contributed by atoms with E-state index in [9.17, 15) is 14.7 Å². The van der Waals surface area contributed by atoms with Crippen LogP contribution in [0.2, 0.25) is 0 Å². The molecule has 35 heavy (non-hydrogen) atoms. The molecule has 0 saturated carbocycles. The highest BCUT2D eigenvalue weighted by molar-refractivity contribution is 5.95. The van der Waals surface area contributed by atoms with Crippen LogP contribution in [0.4, 0.5) is 10.5 Å². The Balaban J connectivity index is 1.93. The second-order valence-corrected chi connectivity index (χ2v) is 8.58. The van der Waals surface area contributed by atoms with Gasteiger partial charge >= 0.3 is 6.09 Å². The lowest BCUT2D eigenvalue weighted by Crippen LogP contribution is -2.33. The van der Waals surface area contributed by atoms with Gasteiger partial charge in [0.1, 0.15) is 0 Å². The Labute approximate surface area is 208 Å². The Morgan fingerprint density at radius 3 is 2.23 bits per heavy atom. The van der Waals surface area contributed by atoms with Gasteiger partial charge in [0.05, 0.1) is 6.61 Å².